The molecular formula is C14H21NO2. The Labute approximate surface area is 102 Å². The third kappa shape index (κ3) is 1.41. The van der Waals surface area contributed by atoms with Crippen molar-refractivity contribution in [2.24, 2.45) is 23.2 Å². The van der Waals surface area contributed by atoms with Crippen LogP contribution in [0.2, 0.25) is 0 Å². The van der Waals surface area contributed by atoms with Crippen LogP contribution in [0.3, 0.4) is 0 Å². The van der Waals surface area contributed by atoms with Gasteiger partial charge in [-0.1, -0.05) is 6.92 Å². The van der Waals surface area contributed by atoms with E-state index in [1.165, 1.54) is 6.42 Å². The molecule has 3 aliphatic carbocycles. The average Bonchev–Trinajstić information content (AvgIpc) is 3.12. The number of β-amino-alcohol motifs (C(OH)–C–C–N with tert-alkyl or cyclic N) is 1. The molecule has 17 heavy (non-hydrogen) atoms. The number of carbonyl (C=O) groups is 1. The molecule has 0 aromatic carbocycles. The van der Waals surface area contributed by atoms with Gasteiger partial charge in [0.25, 0.3) is 0 Å². The largest absolute Gasteiger partial charge is 0.386 e. The van der Waals surface area contributed by atoms with Gasteiger partial charge in [0.15, 0.2) is 0 Å². The maximum absolute atomic E-state index is 12.5. The molecule has 4 rings (SSSR count). The molecule has 3 nitrogen and oxygen atoms in total. The second kappa shape index (κ2) is 2.87. The molecule has 4 aliphatic rings. The molecule has 0 spiro atoms. The van der Waals surface area contributed by atoms with E-state index in [0.717, 1.165) is 37.5 Å². The van der Waals surface area contributed by atoms with Crippen molar-refractivity contribution in [1.82, 2.24) is 4.90 Å². The first-order chi connectivity index (χ1) is 8.00. The molecule has 94 valence electrons. The molecule has 3 saturated carbocycles. The van der Waals surface area contributed by atoms with Gasteiger partial charge in [0, 0.05) is 5.41 Å². The summed E-state index contributed by atoms with van der Waals surface area (Å²) in [6.45, 7) is 3.33. The second-order valence-electron chi connectivity index (χ2n) is 7.26. The topological polar surface area (TPSA) is 40.5 Å². The number of carbonyl (C=O) groups excluding carboxylic acids is 1. The lowest BCUT2D eigenvalue weighted by molar-refractivity contribution is -0.169. The Morgan fingerprint density at radius 1 is 1.24 bits per heavy atom. The molecule has 1 saturated heterocycles. The Morgan fingerprint density at radius 3 is 2.35 bits per heavy atom. The minimum Gasteiger partial charge on any atom is -0.386 e. The van der Waals surface area contributed by atoms with Gasteiger partial charge in [-0.2, -0.15) is 0 Å². The number of hydrogen-bond acceptors (Lipinski definition) is 2. The highest BCUT2D eigenvalue weighted by atomic mass is 16.3. The van der Waals surface area contributed by atoms with Gasteiger partial charge >= 0.3 is 0 Å². The molecule has 2 atom stereocenters. The van der Waals surface area contributed by atoms with Crippen molar-refractivity contribution in [1.29, 1.82) is 0 Å². The van der Waals surface area contributed by atoms with E-state index in [0.29, 0.717) is 24.9 Å². The lowest BCUT2D eigenvalue weighted by atomic mass is 9.80. The number of fused-ring (bicyclic) bond motifs is 1. The van der Waals surface area contributed by atoms with Crippen molar-refractivity contribution in [2.75, 3.05) is 13.1 Å². The Morgan fingerprint density at radius 2 is 1.82 bits per heavy atom. The average molecular weight is 235 g/mol. The Bertz CT molecular complexity index is 372. The summed E-state index contributed by atoms with van der Waals surface area (Å²) in [6.07, 6.45) is 5.85. The minimum atomic E-state index is -0.520. The Kier molecular flexibility index (Phi) is 1.75. The third-order valence-corrected chi connectivity index (χ3v) is 5.56. The van der Waals surface area contributed by atoms with Gasteiger partial charge < -0.3 is 10.0 Å². The Balaban J connectivity index is 1.41. The third-order valence-electron chi connectivity index (χ3n) is 5.56. The normalized spacial score (nSPS) is 46.4. The zero-order valence-electron chi connectivity index (χ0n) is 10.5. The summed E-state index contributed by atoms with van der Waals surface area (Å²) < 4.78 is 0. The van der Waals surface area contributed by atoms with Gasteiger partial charge in [0.2, 0.25) is 5.91 Å². The van der Waals surface area contributed by atoms with Gasteiger partial charge in [-0.3, -0.25) is 4.79 Å². The van der Waals surface area contributed by atoms with E-state index in [-0.39, 0.29) is 5.41 Å². The first-order valence-electron chi connectivity index (χ1n) is 7.02. The number of nitrogens with zero attached hydrogens (tertiary/aromatic N) is 1. The summed E-state index contributed by atoms with van der Waals surface area (Å²) in [5.41, 5.74) is -0.619. The van der Waals surface area contributed by atoms with Crippen LogP contribution < -0.4 is 0 Å². The molecule has 1 N–H and O–H groups in total. The molecule has 0 bridgehead atoms. The van der Waals surface area contributed by atoms with E-state index in [1.54, 1.807) is 0 Å². The number of hydrogen-bond donors (Lipinski definition) is 1. The van der Waals surface area contributed by atoms with E-state index in [2.05, 4.69) is 6.92 Å². The zero-order chi connectivity index (χ0) is 11.8. The fraction of sp³-hybridized carbons (Fsp3) is 0.929. The summed E-state index contributed by atoms with van der Waals surface area (Å²) in [5.74, 6) is 2.48. The molecule has 3 heteroatoms. The van der Waals surface area contributed by atoms with Crippen LogP contribution in [0.4, 0.5) is 0 Å². The van der Waals surface area contributed by atoms with Crippen molar-refractivity contribution in [2.45, 2.75) is 44.6 Å². The van der Waals surface area contributed by atoms with E-state index in [1.807, 2.05) is 4.90 Å². The van der Waals surface area contributed by atoms with Crippen LogP contribution >= 0.6 is 0 Å². The van der Waals surface area contributed by atoms with E-state index in [9.17, 15) is 9.90 Å². The van der Waals surface area contributed by atoms with Crippen LogP contribution in [0, 0.1) is 23.2 Å². The zero-order valence-corrected chi connectivity index (χ0v) is 10.5. The van der Waals surface area contributed by atoms with E-state index in [4.69, 9.17) is 0 Å². The van der Waals surface area contributed by atoms with Crippen LogP contribution in [-0.2, 0) is 4.79 Å². The second-order valence-corrected chi connectivity index (χ2v) is 7.26. The smallest absolute Gasteiger partial charge is 0.228 e. The highest BCUT2D eigenvalue weighted by Crippen LogP contribution is 2.60. The first-order valence-corrected chi connectivity index (χ1v) is 7.02. The summed E-state index contributed by atoms with van der Waals surface area (Å²) in [6, 6.07) is 0. The summed E-state index contributed by atoms with van der Waals surface area (Å²) >= 11 is 0. The van der Waals surface area contributed by atoms with E-state index >= 15 is 0 Å². The Hall–Kier alpha value is -0.570. The molecule has 1 heterocycles. The van der Waals surface area contributed by atoms with Gasteiger partial charge in [-0.05, 0) is 49.9 Å². The monoisotopic (exact) mass is 235 g/mol. The highest BCUT2D eigenvalue weighted by molar-refractivity contribution is 5.84. The van der Waals surface area contributed by atoms with Crippen LogP contribution in [0.25, 0.3) is 0 Å². The van der Waals surface area contributed by atoms with Crippen LogP contribution in [-0.4, -0.2) is 34.6 Å². The van der Waals surface area contributed by atoms with Gasteiger partial charge in [0.1, 0.15) is 5.60 Å². The van der Waals surface area contributed by atoms with E-state index < -0.39 is 5.60 Å². The molecule has 1 aliphatic heterocycles. The number of amides is 1. The minimum absolute atomic E-state index is 0.0987. The maximum Gasteiger partial charge on any atom is 0.228 e. The maximum atomic E-state index is 12.5. The fourth-order valence-electron chi connectivity index (χ4n) is 4.24. The van der Waals surface area contributed by atoms with Crippen LogP contribution in [0.5, 0.6) is 0 Å². The lowest BCUT2D eigenvalue weighted by Crippen LogP contribution is -2.66. The standard InChI is InChI=1S/C14H21NO2/c1-13(5-9-4-10(9)6-13)12(16)15-7-14(17,8-15)11-2-3-11/h9-11,17H,2-8H2,1H3. The molecule has 1 amide bonds. The summed E-state index contributed by atoms with van der Waals surface area (Å²) in [5, 5.41) is 10.3. The highest BCUT2D eigenvalue weighted by Gasteiger charge is 2.59. The molecular weight excluding hydrogens is 214 g/mol. The quantitative estimate of drug-likeness (QED) is 0.786. The van der Waals surface area contributed by atoms with Crippen LogP contribution in [0.1, 0.15) is 39.0 Å². The predicted molar refractivity (Wildman–Crippen MR) is 63.2 cm³/mol. The number of likely N-dealkylation sites (tertiary alicyclic amines) is 1. The molecule has 0 aromatic rings. The van der Waals surface area contributed by atoms with Crippen molar-refractivity contribution in [3.05, 3.63) is 0 Å². The number of rotatable bonds is 2. The van der Waals surface area contributed by atoms with Gasteiger partial charge in [-0.25, -0.2) is 0 Å². The summed E-state index contributed by atoms with van der Waals surface area (Å²) in [4.78, 5) is 14.4. The van der Waals surface area contributed by atoms with Crippen molar-refractivity contribution >= 4 is 5.91 Å². The van der Waals surface area contributed by atoms with Crippen molar-refractivity contribution in [3.8, 4) is 0 Å². The molecule has 0 radical (unpaired) electrons. The van der Waals surface area contributed by atoms with Gasteiger partial charge in [-0.15, -0.1) is 0 Å². The molecule has 0 aromatic heterocycles. The van der Waals surface area contributed by atoms with Crippen molar-refractivity contribution < 1.29 is 9.90 Å². The SMILES string of the molecule is CC1(C(=O)N2CC(O)(C3CC3)C2)CC2CC2C1. The number of aliphatic hydroxyl groups is 1. The molecule has 4 fully saturated rings. The van der Waals surface area contributed by atoms with Gasteiger partial charge in [0.05, 0.1) is 13.1 Å². The summed E-state index contributed by atoms with van der Waals surface area (Å²) in [7, 11) is 0. The van der Waals surface area contributed by atoms with Crippen LogP contribution in [0.15, 0.2) is 0 Å². The predicted octanol–water partition coefficient (Wildman–Crippen LogP) is 1.41. The first kappa shape index (κ1) is 10.4. The van der Waals surface area contributed by atoms with Crippen molar-refractivity contribution in [3.63, 3.8) is 0 Å². The fourth-order valence-corrected chi connectivity index (χ4v) is 4.24. The molecule has 2 unspecified atom stereocenters. The lowest BCUT2D eigenvalue weighted by Gasteiger charge is -2.49.